The summed E-state index contributed by atoms with van der Waals surface area (Å²) in [6.07, 6.45) is 2.76. The van der Waals surface area contributed by atoms with Crippen molar-refractivity contribution in [2.75, 3.05) is 32.7 Å². The van der Waals surface area contributed by atoms with Crippen molar-refractivity contribution in [2.45, 2.75) is 50.0 Å². The second-order valence-electron chi connectivity index (χ2n) is 9.58. The predicted molar refractivity (Wildman–Crippen MR) is 124 cm³/mol. The van der Waals surface area contributed by atoms with Gasteiger partial charge in [-0.3, -0.25) is 24.6 Å². The number of piperazine rings is 1. The number of nitro benzene ring substituents is 1. The summed E-state index contributed by atoms with van der Waals surface area (Å²) in [5, 5.41) is 13.9. The lowest BCUT2D eigenvalue weighted by Gasteiger charge is -2.35. The lowest BCUT2D eigenvalue weighted by molar-refractivity contribution is -0.385. The summed E-state index contributed by atoms with van der Waals surface area (Å²) in [6.45, 7) is 3.44. The molecule has 1 aromatic rings. The van der Waals surface area contributed by atoms with Crippen molar-refractivity contribution in [1.82, 2.24) is 19.4 Å². The molecule has 190 valence electrons. The van der Waals surface area contributed by atoms with Crippen LogP contribution in [0.4, 0.5) is 10.5 Å². The number of nitro groups is 1. The quantitative estimate of drug-likeness (QED) is 0.358. The number of nitrogens with zero attached hydrogens (tertiary/aromatic N) is 4. The Morgan fingerprint density at radius 1 is 1.17 bits per heavy atom. The molecule has 0 aromatic heterocycles. The van der Waals surface area contributed by atoms with Crippen LogP contribution < -0.4 is 5.32 Å². The van der Waals surface area contributed by atoms with E-state index in [1.165, 1.54) is 21.3 Å². The standard InChI is InChI=1S/C22H29N5O7S/c1-15-5-7-22(8-6-15)20(29)26(21(30)23-22)14-19(28)24-9-11-25(12-10-24)35(33,34)18-13-17(27(31)32)4-3-16(18)2/h3-4,13,15H,5-12,14H2,1-2H3,(H,23,30). The molecule has 2 aliphatic heterocycles. The van der Waals surface area contributed by atoms with Gasteiger partial charge in [0, 0.05) is 38.3 Å². The van der Waals surface area contributed by atoms with E-state index in [1.807, 2.05) is 0 Å². The highest BCUT2D eigenvalue weighted by atomic mass is 32.2. The molecule has 4 rings (SSSR count). The van der Waals surface area contributed by atoms with E-state index in [1.54, 1.807) is 6.92 Å². The molecule has 1 aromatic carbocycles. The molecule has 35 heavy (non-hydrogen) atoms. The summed E-state index contributed by atoms with van der Waals surface area (Å²) in [7, 11) is -4.00. The van der Waals surface area contributed by atoms with Gasteiger partial charge in [0.25, 0.3) is 11.6 Å². The third kappa shape index (κ3) is 4.61. The Morgan fingerprint density at radius 3 is 2.40 bits per heavy atom. The van der Waals surface area contributed by atoms with Crippen LogP contribution in [0.15, 0.2) is 23.1 Å². The van der Waals surface area contributed by atoms with Crippen molar-refractivity contribution < 1.29 is 27.7 Å². The Morgan fingerprint density at radius 2 is 1.80 bits per heavy atom. The maximum Gasteiger partial charge on any atom is 0.325 e. The second kappa shape index (κ2) is 9.19. The van der Waals surface area contributed by atoms with E-state index in [4.69, 9.17) is 0 Å². The number of carbonyl (C=O) groups excluding carboxylic acids is 3. The molecule has 1 spiro atoms. The number of rotatable bonds is 5. The minimum absolute atomic E-state index is 0.00181. The number of imide groups is 1. The molecule has 1 aliphatic carbocycles. The maximum absolute atomic E-state index is 13.1. The number of urea groups is 1. The first-order chi connectivity index (χ1) is 16.4. The Kier molecular flexibility index (Phi) is 6.58. The molecule has 0 bridgehead atoms. The van der Waals surface area contributed by atoms with Gasteiger partial charge in [0.15, 0.2) is 0 Å². The molecule has 1 saturated carbocycles. The highest BCUT2D eigenvalue weighted by Crippen LogP contribution is 2.36. The number of benzene rings is 1. The van der Waals surface area contributed by atoms with Gasteiger partial charge in [0.05, 0.1) is 9.82 Å². The van der Waals surface area contributed by atoms with E-state index in [0.717, 1.165) is 23.8 Å². The zero-order valence-electron chi connectivity index (χ0n) is 19.7. The summed E-state index contributed by atoms with van der Waals surface area (Å²) in [4.78, 5) is 51.1. The maximum atomic E-state index is 13.1. The molecule has 2 heterocycles. The summed E-state index contributed by atoms with van der Waals surface area (Å²) >= 11 is 0. The third-order valence-corrected chi connectivity index (χ3v) is 9.30. The topological polar surface area (TPSA) is 150 Å². The summed E-state index contributed by atoms with van der Waals surface area (Å²) in [5.41, 5.74) is -0.854. The van der Waals surface area contributed by atoms with Gasteiger partial charge in [-0.2, -0.15) is 4.31 Å². The summed E-state index contributed by atoms with van der Waals surface area (Å²) < 4.78 is 27.4. The normalized spacial score (nSPS) is 25.7. The average molecular weight is 508 g/mol. The largest absolute Gasteiger partial charge is 0.338 e. The van der Waals surface area contributed by atoms with E-state index < -0.39 is 39.0 Å². The van der Waals surface area contributed by atoms with Crippen molar-refractivity contribution in [3.63, 3.8) is 0 Å². The van der Waals surface area contributed by atoms with E-state index in [2.05, 4.69) is 12.2 Å². The van der Waals surface area contributed by atoms with Gasteiger partial charge in [0.2, 0.25) is 15.9 Å². The van der Waals surface area contributed by atoms with Gasteiger partial charge in [-0.05, 0) is 44.1 Å². The Balaban J connectivity index is 1.39. The van der Waals surface area contributed by atoms with Crippen molar-refractivity contribution in [3.8, 4) is 0 Å². The van der Waals surface area contributed by atoms with Gasteiger partial charge < -0.3 is 10.2 Å². The molecule has 4 amide bonds. The van der Waals surface area contributed by atoms with Gasteiger partial charge in [-0.25, -0.2) is 13.2 Å². The minimum atomic E-state index is -4.00. The lowest BCUT2D eigenvalue weighted by atomic mass is 9.77. The van der Waals surface area contributed by atoms with Gasteiger partial charge >= 0.3 is 6.03 Å². The lowest BCUT2D eigenvalue weighted by Crippen LogP contribution is -2.53. The highest BCUT2D eigenvalue weighted by molar-refractivity contribution is 7.89. The second-order valence-corrected chi connectivity index (χ2v) is 11.5. The van der Waals surface area contributed by atoms with Crippen LogP contribution in [0.1, 0.15) is 38.2 Å². The van der Waals surface area contributed by atoms with E-state index in [9.17, 15) is 32.9 Å². The van der Waals surface area contributed by atoms with Crippen molar-refractivity contribution in [2.24, 2.45) is 5.92 Å². The van der Waals surface area contributed by atoms with Gasteiger partial charge in [-0.15, -0.1) is 0 Å². The first-order valence-corrected chi connectivity index (χ1v) is 13.1. The molecular weight excluding hydrogens is 478 g/mol. The van der Waals surface area contributed by atoms with Crippen LogP contribution in [-0.2, 0) is 19.6 Å². The van der Waals surface area contributed by atoms with Crippen LogP contribution >= 0.6 is 0 Å². The predicted octanol–water partition coefficient (Wildman–Crippen LogP) is 1.24. The number of non-ortho nitro benzene ring substituents is 1. The molecule has 3 aliphatic rings. The van der Waals surface area contributed by atoms with Crippen LogP contribution in [0.2, 0.25) is 0 Å². The zero-order valence-corrected chi connectivity index (χ0v) is 20.5. The molecule has 2 saturated heterocycles. The Labute approximate surface area is 203 Å². The molecule has 0 unspecified atom stereocenters. The molecule has 0 atom stereocenters. The molecule has 3 fully saturated rings. The van der Waals surface area contributed by atoms with Gasteiger partial charge in [0.1, 0.15) is 12.1 Å². The monoisotopic (exact) mass is 507 g/mol. The van der Waals surface area contributed by atoms with E-state index >= 15 is 0 Å². The first-order valence-electron chi connectivity index (χ1n) is 11.6. The van der Waals surface area contributed by atoms with Crippen LogP contribution in [-0.4, -0.2) is 83.6 Å². The smallest absolute Gasteiger partial charge is 0.325 e. The van der Waals surface area contributed by atoms with Crippen molar-refractivity contribution in [1.29, 1.82) is 0 Å². The number of nitrogens with one attached hydrogen (secondary N) is 1. The van der Waals surface area contributed by atoms with Crippen molar-refractivity contribution in [3.05, 3.63) is 33.9 Å². The number of sulfonamides is 1. The number of carbonyl (C=O) groups is 3. The summed E-state index contributed by atoms with van der Waals surface area (Å²) in [5.74, 6) is -0.317. The Bertz CT molecular complexity index is 1170. The Hall–Kier alpha value is -3.06. The molecule has 0 radical (unpaired) electrons. The van der Waals surface area contributed by atoms with Crippen LogP contribution in [0.25, 0.3) is 0 Å². The average Bonchev–Trinajstić information content (AvgIpc) is 3.05. The number of hydrogen-bond acceptors (Lipinski definition) is 7. The van der Waals surface area contributed by atoms with Crippen LogP contribution in [0.5, 0.6) is 0 Å². The minimum Gasteiger partial charge on any atom is -0.338 e. The molecule has 12 nitrogen and oxygen atoms in total. The fraction of sp³-hybridized carbons (Fsp3) is 0.591. The van der Waals surface area contributed by atoms with Crippen LogP contribution in [0.3, 0.4) is 0 Å². The number of hydrogen-bond donors (Lipinski definition) is 1. The third-order valence-electron chi connectivity index (χ3n) is 7.26. The highest BCUT2D eigenvalue weighted by Gasteiger charge is 2.52. The SMILES string of the molecule is Cc1ccc([N+](=O)[O-])cc1S(=O)(=O)N1CCN(C(=O)CN2C(=O)NC3(CCC(C)CC3)C2=O)CC1. The fourth-order valence-electron chi connectivity index (χ4n) is 4.95. The number of aryl methyl sites for hydroxylation is 1. The fourth-order valence-corrected chi connectivity index (χ4v) is 6.61. The van der Waals surface area contributed by atoms with E-state index in [0.29, 0.717) is 24.3 Å². The summed E-state index contributed by atoms with van der Waals surface area (Å²) in [6, 6.07) is 3.11. The first kappa shape index (κ1) is 25.0. The van der Waals surface area contributed by atoms with Crippen LogP contribution in [0, 0.1) is 23.0 Å². The molecule has 1 N–H and O–H groups in total. The van der Waals surface area contributed by atoms with Crippen molar-refractivity contribution >= 4 is 33.6 Å². The number of amides is 4. The van der Waals surface area contributed by atoms with Gasteiger partial charge in [-0.1, -0.05) is 13.0 Å². The van der Waals surface area contributed by atoms with E-state index in [-0.39, 0.29) is 42.7 Å². The zero-order chi connectivity index (χ0) is 25.5. The molecule has 13 heteroatoms. The molecular formula is C22H29N5O7S.